The third kappa shape index (κ3) is 5.75. The largest absolute Gasteiger partial charge is 0.427 e. The maximum absolute atomic E-state index is 13.0. The molecule has 0 aliphatic carbocycles. The molecule has 0 bridgehead atoms. The van der Waals surface area contributed by atoms with Crippen molar-refractivity contribution in [2.45, 2.75) is 13.5 Å². The number of hydrogen-bond donors (Lipinski definition) is 2. The van der Waals surface area contributed by atoms with Gasteiger partial charge in [0.05, 0.1) is 0 Å². The molecule has 6 nitrogen and oxygen atoms in total. The number of ether oxygens (including phenoxy) is 1. The molecule has 152 valence electrons. The van der Waals surface area contributed by atoms with Crippen LogP contribution in [0.5, 0.6) is 5.75 Å². The third-order valence-corrected chi connectivity index (χ3v) is 4.10. The molecule has 0 saturated carbocycles. The van der Waals surface area contributed by atoms with Crippen molar-refractivity contribution < 1.29 is 23.5 Å². The summed E-state index contributed by atoms with van der Waals surface area (Å²) in [6, 6.07) is 18.6. The highest BCUT2D eigenvalue weighted by Gasteiger charge is 2.10. The van der Waals surface area contributed by atoms with Gasteiger partial charge in [-0.2, -0.15) is 0 Å². The molecule has 7 heteroatoms. The number of amides is 2. The van der Waals surface area contributed by atoms with Crippen LogP contribution >= 0.6 is 0 Å². The second-order valence-corrected chi connectivity index (χ2v) is 6.47. The van der Waals surface area contributed by atoms with Crippen molar-refractivity contribution in [3.8, 4) is 5.75 Å². The van der Waals surface area contributed by atoms with Gasteiger partial charge < -0.3 is 15.4 Å². The number of benzene rings is 3. The predicted octanol–water partition coefficient (Wildman–Crippen LogP) is 3.93. The third-order valence-electron chi connectivity index (χ3n) is 4.10. The predicted molar refractivity (Wildman–Crippen MR) is 110 cm³/mol. The van der Waals surface area contributed by atoms with E-state index in [9.17, 15) is 18.8 Å². The van der Waals surface area contributed by atoms with Gasteiger partial charge in [-0.25, -0.2) is 4.39 Å². The van der Waals surface area contributed by atoms with Gasteiger partial charge in [0.15, 0.2) is 0 Å². The average Bonchev–Trinajstić information content (AvgIpc) is 2.72. The van der Waals surface area contributed by atoms with Crippen LogP contribution in [0, 0.1) is 5.82 Å². The zero-order valence-electron chi connectivity index (χ0n) is 16.1. The second-order valence-electron chi connectivity index (χ2n) is 6.47. The minimum Gasteiger partial charge on any atom is -0.427 e. The first-order chi connectivity index (χ1) is 14.4. The van der Waals surface area contributed by atoms with Crippen LogP contribution in [0.25, 0.3) is 0 Å². The van der Waals surface area contributed by atoms with Gasteiger partial charge in [-0.3, -0.25) is 14.4 Å². The van der Waals surface area contributed by atoms with Crippen LogP contribution in [0.3, 0.4) is 0 Å². The summed E-state index contributed by atoms with van der Waals surface area (Å²) in [7, 11) is 0. The number of carbonyl (C=O) groups excluding carboxylic acids is 3. The van der Waals surface area contributed by atoms with Gasteiger partial charge in [0.25, 0.3) is 11.8 Å². The molecule has 2 N–H and O–H groups in total. The molecule has 0 atom stereocenters. The number of rotatable bonds is 6. The fourth-order valence-electron chi connectivity index (χ4n) is 2.71. The van der Waals surface area contributed by atoms with Gasteiger partial charge in [0, 0.05) is 30.3 Å². The molecule has 3 aromatic carbocycles. The summed E-state index contributed by atoms with van der Waals surface area (Å²) >= 11 is 0. The van der Waals surface area contributed by atoms with Gasteiger partial charge in [-0.15, -0.1) is 0 Å². The summed E-state index contributed by atoms with van der Waals surface area (Å²) in [4.78, 5) is 35.7. The highest BCUT2D eigenvalue weighted by Crippen LogP contribution is 2.17. The Morgan fingerprint density at radius 2 is 1.60 bits per heavy atom. The lowest BCUT2D eigenvalue weighted by Gasteiger charge is -2.10. The molecular formula is C23H19FN2O4. The normalized spacial score (nSPS) is 10.2. The monoisotopic (exact) mass is 406 g/mol. The van der Waals surface area contributed by atoms with E-state index in [0.717, 1.165) is 5.56 Å². The zero-order valence-corrected chi connectivity index (χ0v) is 16.1. The first-order valence-electron chi connectivity index (χ1n) is 9.13. The minimum atomic E-state index is -0.469. The molecule has 0 saturated heterocycles. The van der Waals surface area contributed by atoms with E-state index < -0.39 is 11.8 Å². The molecule has 0 aliphatic rings. The van der Waals surface area contributed by atoms with Crippen LogP contribution in [-0.2, 0) is 11.3 Å². The van der Waals surface area contributed by atoms with Crippen LogP contribution in [0.15, 0.2) is 72.8 Å². The van der Waals surface area contributed by atoms with Crippen molar-refractivity contribution in [3.63, 3.8) is 0 Å². The van der Waals surface area contributed by atoms with Crippen molar-refractivity contribution in [2.75, 3.05) is 5.32 Å². The highest BCUT2D eigenvalue weighted by molar-refractivity contribution is 6.04. The Morgan fingerprint density at radius 3 is 2.33 bits per heavy atom. The summed E-state index contributed by atoms with van der Waals surface area (Å²) in [5.74, 6) is -1.29. The standard InChI is InChI=1S/C23H19FN2O4/c1-15(27)30-21-7-3-5-18(13-21)23(29)26-20-6-2-4-16(12-20)14-25-22(28)17-8-10-19(24)11-9-17/h2-13H,14H2,1H3,(H,25,28)(H,26,29). The SMILES string of the molecule is CC(=O)Oc1cccc(C(=O)Nc2cccc(CNC(=O)c3ccc(F)cc3)c2)c1. The second kappa shape index (κ2) is 9.47. The van der Waals surface area contributed by atoms with E-state index in [1.54, 1.807) is 36.4 Å². The molecular weight excluding hydrogens is 387 g/mol. The number of nitrogens with one attached hydrogen (secondary N) is 2. The van der Waals surface area contributed by atoms with E-state index in [1.807, 2.05) is 6.07 Å². The molecule has 30 heavy (non-hydrogen) atoms. The number of halogens is 1. The fraction of sp³-hybridized carbons (Fsp3) is 0.0870. The first kappa shape index (κ1) is 20.7. The van der Waals surface area contributed by atoms with E-state index in [0.29, 0.717) is 16.8 Å². The van der Waals surface area contributed by atoms with E-state index in [-0.39, 0.29) is 24.1 Å². The summed E-state index contributed by atoms with van der Waals surface area (Å²) in [5, 5.41) is 5.52. The van der Waals surface area contributed by atoms with Crippen molar-refractivity contribution in [3.05, 3.63) is 95.3 Å². The molecule has 0 radical (unpaired) electrons. The lowest BCUT2D eigenvalue weighted by Crippen LogP contribution is -2.22. The average molecular weight is 406 g/mol. The summed E-state index contributed by atoms with van der Waals surface area (Å²) in [5.41, 5.74) is 2.01. The van der Waals surface area contributed by atoms with Crippen LogP contribution < -0.4 is 15.4 Å². The van der Waals surface area contributed by atoms with Gasteiger partial charge >= 0.3 is 5.97 Å². The summed E-state index contributed by atoms with van der Waals surface area (Å²) < 4.78 is 18.0. The number of esters is 1. The Bertz CT molecular complexity index is 1080. The van der Waals surface area contributed by atoms with Crippen LogP contribution in [-0.4, -0.2) is 17.8 Å². The van der Waals surface area contributed by atoms with Gasteiger partial charge in [-0.1, -0.05) is 18.2 Å². The maximum atomic E-state index is 13.0. The van der Waals surface area contributed by atoms with Crippen LogP contribution in [0.2, 0.25) is 0 Å². The highest BCUT2D eigenvalue weighted by atomic mass is 19.1. The van der Waals surface area contributed by atoms with E-state index in [4.69, 9.17) is 4.74 Å². The molecule has 2 amide bonds. The minimum absolute atomic E-state index is 0.238. The Balaban J connectivity index is 1.62. The van der Waals surface area contributed by atoms with Crippen LogP contribution in [0.4, 0.5) is 10.1 Å². The van der Waals surface area contributed by atoms with E-state index in [2.05, 4.69) is 10.6 Å². The van der Waals surface area contributed by atoms with Crippen molar-refractivity contribution in [2.24, 2.45) is 0 Å². The molecule has 0 aromatic heterocycles. The quantitative estimate of drug-likeness (QED) is 0.480. The van der Waals surface area contributed by atoms with Gasteiger partial charge in [0.1, 0.15) is 11.6 Å². The molecule has 3 rings (SSSR count). The molecule has 0 spiro atoms. The maximum Gasteiger partial charge on any atom is 0.308 e. The number of carbonyl (C=O) groups is 3. The molecule has 3 aromatic rings. The first-order valence-corrected chi connectivity index (χ1v) is 9.13. The summed E-state index contributed by atoms with van der Waals surface area (Å²) in [6.07, 6.45) is 0. The Labute approximate surface area is 172 Å². The van der Waals surface area contributed by atoms with E-state index in [1.165, 1.54) is 37.3 Å². The molecule has 0 fully saturated rings. The van der Waals surface area contributed by atoms with Gasteiger partial charge in [0.2, 0.25) is 0 Å². The number of hydrogen-bond acceptors (Lipinski definition) is 4. The molecule has 0 heterocycles. The Hall–Kier alpha value is -4.00. The fourth-order valence-corrected chi connectivity index (χ4v) is 2.71. The smallest absolute Gasteiger partial charge is 0.308 e. The molecule has 0 aliphatic heterocycles. The van der Waals surface area contributed by atoms with Gasteiger partial charge in [-0.05, 0) is 60.2 Å². The summed E-state index contributed by atoms with van der Waals surface area (Å²) in [6.45, 7) is 1.52. The van der Waals surface area contributed by atoms with E-state index >= 15 is 0 Å². The number of anilines is 1. The lowest BCUT2D eigenvalue weighted by atomic mass is 10.1. The topological polar surface area (TPSA) is 84.5 Å². The lowest BCUT2D eigenvalue weighted by molar-refractivity contribution is -0.131. The van der Waals surface area contributed by atoms with Crippen molar-refractivity contribution in [1.82, 2.24) is 5.32 Å². The molecule has 0 unspecified atom stereocenters. The van der Waals surface area contributed by atoms with Crippen molar-refractivity contribution in [1.29, 1.82) is 0 Å². The van der Waals surface area contributed by atoms with Crippen molar-refractivity contribution >= 4 is 23.5 Å². The Kier molecular flexibility index (Phi) is 6.54. The van der Waals surface area contributed by atoms with Crippen LogP contribution in [0.1, 0.15) is 33.2 Å². The Morgan fingerprint density at radius 1 is 0.867 bits per heavy atom. The zero-order chi connectivity index (χ0) is 21.5.